The molecule has 0 amide bonds. The normalized spacial score (nSPS) is 21.3. The molecule has 0 saturated heterocycles. The molecule has 1 aliphatic carbocycles. The first-order chi connectivity index (χ1) is 10.5. The number of ether oxygens (including phenoxy) is 1. The number of nitrogens with two attached hydrogens (primary N) is 1. The second kappa shape index (κ2) is 5.58. The van der Waals surface area contributed by atoms with Gasteiger partial charge in [0.2, 0.25) is 5.88 Å². The Bertz CT molecular complexity index is 777. The highest BCUT2D eigenvalue weighted by Crippen LogP contribution is 2.43. The highest BCUT2D eigenvalue weighted by atomic mass is 79.9. The minimum Gasteiger partial charge on any atom is -0.444 e. The maximum atomic E-state index is 13.5. The van der Waals surface area contributed by atoms with Crippen molar-refractivity contribution in [3.8, 4) is 6.07 Å². The summed E-state index contributed by atoms with van der Waals surface area (Å²) in [6, 6.07) is 6.46. The van der Waals surface area contributed by atoms with Crippen LogP contribution in [0.5, 0.6) is 0 Å². The number of benzene rings is 1. The number of carbonyl (C=O) groups is 1. The average Bonchev–Trinajstić information content (AvgIpc) is 2.49. The van der Waals surface area contributed by atoms with Crippen molar-refractivity contribution >= 4 is 21.7 Å². The lowest BCUT2D eigenvalue weighted by molar-refractivity contribution is -0.116. The number of ketones is 1. The number of halogens is 2. The number of hydrogen-bond donors (Lipinski definition) is 1. The Labute approximate surface area is 135 Å². The molecule has 2 N–H and O–H groups in total. The molecule has 2 aliphatic rings. The summed E-state index contributed by atoms with van der Waals surface area (Å²) in [7, 11) is 0. The Balaban J connectivity index is 2.20. The van der Waals surface area contributed by atoms with Gasteiger partial charge >= 0.3 is 0 Å². The van der Waals surface area contributed by atoms with Gasteiger partial charge in [-0.25, -0.2) is 4.39 Å². The summed E-state index contributed by atoms with van der Waals surface area (Å²) in [6.07, 6.45) is 1.73. The van der Waals surface area contributed by atoms with Crippen LogP contribution in [-0.2, 0) is 9.53 Å². The number of nitrogens with zero attached hydrogens (tertiary/aromatic N) is 1. The molecular formula is C16H12BrFN2O2. The second-order valence-corrected chi connectivity index (χ2v) is 6.07. The summed E-state index contributed by atoms with van der Waals surface area (Å²) in [5.41, 5.74) is 7.13. The molecule has 112 valence electrons. The fourth-order valence-corrected chi connectivity index (χ4v) is 3.28. The topological polar surface area (TPSA) is 76.1 Å². The molecule has 1 heterocycles. The molecule has 0 fully saturated rings. The van der Waals surface area contributed by atoms with Crippen LogP contribution in [-0.4, -0.2) is 5.78 Å². The zero-order valence-corrected chi connectivity index (χ0v) is 13.1. The molecule has 1 aromatic carbocycles. The Morgan fingerprint density at radius 2 is 2.18 bits per heavy atom. The molecule has 0 saturated carbocycles. The second-order valence-electron chi connectivity index (χ2n) is 5.21. The van der Waals surface area contributed by atoms with Crippen LogP contribution in [0, 0.1) is 17.1 Å². The van der Waals surface area contributed by atoms with Crippen molar-refractivity contribution in [1.29, 1.82) is 5.26 Å². The van der Waals surface area contributed by atoms with Crippen LogP contribution >= 0.6 is 15.9 Å². The van der Waals surface area contributed by atoms with Crippen LogP contribution < -0.4 is 5.73 Å². The van der Waals surface area contributed by atoms with Crippen molar-refractivity contribution in [3.63, 3.8) is 0 Å². The smallest absolute Gasteiger partial charge is 0.205 e. The molecule has 1 aromatic rings. The third-order valence-corrected chi connectivity index (χ3v) is 4.49. The van der Waals surface area contributed by atoms with E-state index in [1.807, 2.05) is 6.07 Å². The van der Waals surface area contributed by atoms with Crippen molar-refractivity contribution in [2.75, 3.05) is 0 Å². The van der Waals surface area contributed by atoms with Gasteiger partial charge in [-0.2, -0.15) is 5.26 Å². The van der Waals surface area contributed by atoms with E-state index in [-0.39, 0.29) is 21.7 Å². The molecule has 0 aromatic heterocycles. The predicted molar refractivity (Wildman–Crippen MR) is 80.6 cm³/mol. The first kappa shape index (κ1) is 14.8. The number of rotatable bonds is 1. The van der Waals surface area contributed by atoms with Crippen molar-refractivity contribution in [2.45, 2.75) is 25.2 Å². The van der Waals surface area contributed by atoms with Gasteiger partial charge in [-0.05, 0) is 40.0 Å². The molecular weight excluding hydrogens is 351 g/mol. The lowest BCUT2D eigenvalue weighted by Gasteiger charge is -2.31. The van der Waals surface area contributed by atoms with E-state index < -0.39 is 11.7 Å². The number of nitriles is 1. The number of allylic oxidation sites excluding steroid dienone is 3. The van der Waals surface area contributed by atoms with Crippen LogP contribution in [0.1, 0.15) is 30.7 Å². The zero-order valence-electron chi connectivity index (χ0n) is 11.5. The third-order valence-electron chi connectivity index (χ3n) is 3.88. The van der Waals surface area contributed by atoms with Crippen molar-refractivity contribution < 1.29 is 13.9 Å². The predicted octanol–water partition coefficient (Wildman–Crippen LogP) is 3.40. The fraction of sp³-hybridized carbons (Fsp3) is 0.250. The van der Waals surface area contributed by atoms with Crippen LogP contribution in [0.4, 0.5) is 4.39 Å². The van der Waals surface area contributed by atoms with E-state index in [0.29, 0.717) is 36.2 Å². The maximum Gasteiger partial charge on any atom is 0.205 e. The van der Waals surface area contributed by atoms with Crippen LogP contribution in [0.25, 0.3) is 0 Å². The molecule has 3 rings (SSSR count). The quantitative estimate of drug-likeness (QED) is 0.830. The number of hydrogen-bond acceptors (Lipinski definition) is 4. The molecule has 1 atom stereocenters. The lowest BCUT2D eigenvalue weighted by Crippen LogP contribution is -2.27. The summed E-state index contributed by atoms with van der Waals surface area (Å²) < 4.78 is 19.2. The van der Waals surface area contributed by atoms with Gasteiger partial charge in [0, 0.05) is 18.4 Å². The Hall–Kier alpha value is -2.13. The molecule has 0 spiro atoms. The Kier molecular flexibility index (Phi) is 3.75. The van der Waals surface area contributed by atoms with Crippen molar-refractivity contribution in [3.05, 3.63) is 56.8 Å². The minimum absolute atomic E-state index is 0.0152. The highest BCUT2D eigenvalue weighted by Gasteiger charge is 2.38. The van der Waals surface area contributed by atoms with Gasteiger partial charge in [-0.3, -0.25) is 4.79 Å². The van der Waals surface area contributed by atoms with Gasteiger partial charge in [-0.15, -0.1) is 0 Å². The van der Waals surface area contributed by atoms with E-state index in [1.165, 1.54) is 6.07 Å². The first-order valence-electron chi connectivity index (χ1n) is 6.81. The molecule has 4 nitrogen and oxygen atoms in total. The van der Waals surface area contributed by atoms with Crippen molar-refractivity contribution in [2.24, 2.45) is 5.73 Å². The zero-order chi connectivity index (χ0) is 15.9. The largest absolute Gasteiger partial charge is 0.444 e. The van der Waals surface area contributed by atoms with E-state index in [0.717, 1.165) is 0 Å². The van der Waals surface area contributed by atoms with Gasteiger partial charge < -0.3 is 10.5 Å². The van der Waals surface area contributed by atoms with E-state index in [4.69, 9.17) is 10.5 Å². The highest BCUT2D eigenvalue weighted by molar-refractivity contribution is 9.10. The molecule has 0 bridgehead atoms. The van der Waals surface area contributed by atoms with Gasteiger partial charge in [0.1, 0.15) is 23.2 Å². The van der Waals surface area contributed by atoms with Gasteiger partial charge in [0.25, 0.3) is 0 Å². The van der Waals surface area contributed by atoms with Crippen LogP contribution in [0.2, 0.25) is 0 Å². The van der Waals surface area contributed by atoms with Crippen LogP contribution in [0.15, 0.2) is 45.5 Å². The summed E-state index contributed by atoms with van der Waals surface area (Å²) in [5, 5.41) is 9.41. The van der Waals surface area contributed by atoms with E-state index >= 15 is 0 Å². The fourth-order valence-electron chi connectivity index (χ4n) is 2.88. The van der Waals surface area contributed by atoms with Gasteiger partial charge in [0.05, 0.1) is 10.4 Å². The molecule has 6 heteroatoms. The number of carbonyl (C=O) groups excluding carboxylic acids is 1. The SMILES string of the molecule is N#CC1=C(N)OC2=C(C(=O)CCC2)[C@H]1c1ccc(F)c(Br)c1. The summed E-state index contributed by atoms with van der Waals surface area (Å²) in [6.45, 7) is 0. The van der Waals surface area contributed by atoms with Gasteiger partial charge in [-0.1, -0.05) is 6.07 Å². The van der Waals surface area contributed by atoms with E-state index in [2.05, 4.69) is 15.9 Å². The maximum absolute atomic E-state index is 13.5. The van der Waals surface area contributed by atoms with Gasteiger partial charge in [0.15, 0.2) is 5.78 Å². The Morgan fingerprint density at radius 3 is 2.86 bits per heavy atom. The summed E-state index contributed by atoms with van der Waals surface area (Å²) in [5.74, 6) is -0.513. The molecule has 0 unspecified atom stereocenters. The first-order valence-corrected chi connectivity index (χ1v) is 7.61. The summed E-state index contributed by atoms with van der Waals surface area (Å²) in [4.78, 5) is 12.3. The molecule has 1 aliphatic heterocycles. The minimum atomic E-state index is -0.599. The molecule has 22 heavy (non-hydrogen) atoms. The van der Waals surface area contributed by atoms with Crippen molar-refractivity contribution in [1.82, 2.24) is 0 Å². The molecule has 0 radical (unpaired) electrons. The lowest BCUT2D eigenvalue weighted by atomic mass is 9.77. The monoisotopic (exact) mass is 362 g/mol. The average molecular weight is 363 g/mol. The van der Waals surface area contributed by atoms with E-state index in [9.17, 15) is 14.4 Å². The third kappa shape index (κ3) is 2.32. The van der Waals surface area contributed by atoms with Crippen LogP contribution in [0.3, 0.4) is 0 Å². The summed E-state index contributed by atoms with van der Waals surface area (Å²) >= 11 is 3.14. The standard InChI is InChI=1S/C16H12BrFN2O2/c17-10-6-8(4-5-11(10)18)14-9(7-19)16(20)22-13-3-1-2-12(21)15(13)14/h4-6,14H,1-3,20H2/t14-/m0/s1. The van der Waals surface area contributed by atoms with E-state index in [1.54, 1.807) is 12.1 Å². The number of Topliss-reactive ketones (excluding diaryl/α,β-unsaturated/α-hetero) is 1. The Morgan fingerprint density at radius 1 is 1.41 bits per heavy atom.